The summed E-state index contributed by atoms with van der Waals surface area (Å²) in [6, 6.07) is 3.96. The van der Waals surface area contributed by atoms with Gasteiger partial charge in [-0.15, -0.1) is 0 Å². The van der Waals surface area contributed by atoms with E-state index in [4.69, 9.17) is 0 Å². The van der Waals surface area contributed by atoms with Crippen LogP contribution in [0.4, 0.5) is 5.82 Å². The number of hydrogen-bond acceptors (Lipinski definition) is 4. The maximum absolute atomic E-state index is 11.5. The first kappa shape index (κ1) is 14.3. The number of carboxylic acids is 1. The molecule has 1 aliphatic carbocycles. The molecule has 0 amide bonds. The van der Waals surface area contributed by atoms with Crippen molar-refractivity contribution in [3.63, 3.8) is 0 Å². The largest absolute Gasteiger partial charge is 0.480 e. The molecule has 1 heterocycles. The van der Waals surface area contributed by atoms with Gasteiger partial charge in [0.05, 0.1) is 5.56 Å². The van der Waals surface area contributed by atoms with Crippen molar-refractivity contribution in [3.8, 4) is 6.07 Å². The standard InChI is InChI=1S/C15H19N3O2/c1-3-15(4-2,14(19)20)18-13-11(9-16)8-10-6-5-7-12(10)17-13/h8H,3-7H2,1-2H3,(H,17,18)(H,19,20). The molecule has 0 saturated carbocycles. The zero-order valence-corrected chi connectivity index (χ0v) is 11.9. The number of aromatic nitrogens is 1. The zero-order valence-electron chi connectivity index (χ0n) is 11.9. The number of anilines is 1. The van der Waals surface area contributed by atoms with Gasteiger partial charge in [0.25, 0.3) is 0 Å². The summed E-state index contributed by atoms with van der Waals surface area (Å²) in [5, 5.41) is 21.7. The van der Waals surface area contributed by atoms with Gasteiger partial charge in [-0.1, -0.05) is 13.8 Å². The Morgan fingerprint density at radius 2 is 2.20 bits per heavy atom. The molecule has 2 N–H and O–H groups in total. The normalized spacial score (nSPS) is 13.7. The van der Waals surface area contributed by atoms with Crippen LogP contribution < -0.4 is 5.32 Å². The van der Waals surface area contributed by atoms with Gasteiger partial charge >= 0.3 is 5.97 Å². The molecular weight excluding hydrogens is 254 g/mol. The highest BCUT2D eigenvalue weighted by Crippen LogP contribution is 2.28. The first-order chi connectivity index (χ1) is 9.56. The van der Waals surface area contributed by atoms with Gasteiger partial charge in [0.1, 0.15) is 17.4 Å². The number of carbonyl (C=O) groups is 1. The van der Waals surface area contributed by atoms with Crippen molar-refractivity contribution in [2.24, 2.45) is 0 Å². The van der Waals surface area contributed by atoms with Crippen LogP contribution in [0.5, 0.6) is 0 Å². The van der Waals surface area contributed by atoms with Gasteiger partial charge in [0.15, 0.2) is 0 Å². The van der Waals surface area contributed by atoms with Crippen LogP contribution in [0, 0.1) is 11.3 Å². The Morgan fingerprint density at radius 3 is 2.75 bits per heavy atom. The average molecular weight is 273 g/mol. The van der Waals surface area contributed by atoms with Gasteiger partial charge < -0.3 is 10.4 Å². The third-order valence-electron chi connectivity index (χ3n) is 4.15. The predicted octanol–water partition coefficient (Wildman–Crippen LogP) is 2.50. The molecule has 0 fully saturated rings. The lowest BCUT2D eigenvalue weighted by Crippen LogP contribution is -2.45. The summed E-state index contributed by atoms with van der Waals surface area (Å²) in [6.07, 6.45) is 3.75. The fraction of sp³-hybridized carbons (Fsp3) is 0.533. The van der Waals surface area contributed by atoms with Crippen LogP contribution >= 0.6 is 0 Å². The number of pyridine rings is 1. The summed E-state index contributed by atoms with van der Waals surface area (Å²) in [6.45, 7) is 3.65. The summed E-state index contributed by atoms with van der Waals surface area (Å²) in [7, 11) is 0. The van der Waals surface area contributed by atoms with Crippen LogP contribution in [-0.4, -0.2) is 21.6 Å². The summed E-state index contributed by atoms with van der Waals surface area (Å²) in [5.74, 6) is -0.507. The SMILES string of the molecule is CCC(CC)(Nc1nc2c(cc1C#N)CCC2)C(=O)O. The molecule has 0 spiro atoms. The highest BCUT2D eigenvalue weighted by molar-refractivity contribution is 5.83. The first-order valence-electron chi connectivity index (χ1n) is 7.00. The van der Waals surface area contributed by atoms with Crippen molar-refractivity contribution in [3.05, 3.63) is 22.9 Å². The Labute approximate surface area is 118 Å². The molecule has 0 bridgehead atoms. The van der Waals surface area contributed by atoms with Crippen molar-refractivity contribution in [1.82, 2.24) is 4.98 Å². The molecule has 0 unspecified atom stereocenters. The summed E-state index contributed by atoms with van der Waals surface area (Å²) in [5.41, 5.74) is 1.46. The third kappa shape index (κ3) is 2.34. The summed E-state index contributed by atoms with van der Waals surface area (Å²) >= 11 is 0. The average Bonchev–Trinajstić information content (AvgIpc) is 2.90. The molecule has 1 aliphatic rings. The number of rotatable bonds is 5. The number of carboxylic acid groups (broad SMARTS) is 1. The molecule has 5 nitrogen and oxygen atoms in total. The second-order valence-electron chi connectivity index (χ2n) is 5.18. The molecule has 0 saturated heterocycles. The Bertz CT molecular complexity index is 571. The van der Waals surface area contributed by atoms with Crippen molar-refractivity contribution in [2.75, 3.05) is 5.32 Å². The van der Waals surface area contributed by atoms with E-state index in [0.717, 1.165) is 30.5 Å². The quantitative estimate of drug-likeness (QED) is 0.860. The minimum absolute atomic E-state index is 0.402. The van der Waals surface area contributed by atoms with Gasteiger partial charge in [-0.3, -0.25) is 0 Å². The minimum Gasteiger partial charge on any atom is -0.480 e. The van der Waals surface area contributed by atoms with Gasteiger partial charge in [-0.05, 0) is 43.7 Å². The maximum atomic E-state index is 11.5. The van der Waals surface area contributed by atoms with Crippen molar-refractivity contribution in [1.29, 1.82) is 5.26 Å². The number of hydrogen-bond donors (Lipinski definition) is 2. The van der Waals surface area contributed by atoms with Crippen LogP contribution in [0.2, 0.25) is 0 Å². The fourth-order valence-electron chi connectivity index (χ4n) is 2.66. The fourth-order valence-corrected chi connectivity index (χ4v) is 2.66. The van der Waals surface area contributed by atoms with E-state index in [-0.39, 0.29) is 0 Å². The predicted molar refractivity (Wildman–Crippen MR) is 75.5 cm³/mol. The van der Waals surface area contributed by atoms with Crippen LogP contribution in [0.15, 0.2) is 6.07 Å². The smallest absolute Gasteiger partial charge is 0.329 e. The number of aryl methyl sites for hydroxylation is 2. The number of nitrogens with one attached hydrogen (secondary N) is 1. The second-order valence-corrected chi connectivity index (χ2v) is 5.18. The van der Waals surface area contributed by atoms with Crippen LogP contribution in [-0.2, 0) is 17.6 Å². The van der Waals surface area contributed by atoms with E-state index in [1.807, 2.05) is 19.9 Å². The number of fused-ring (bicyclic) bond motifs is 1. The Balaban J connectivity index is 2.43. The monoisotopic (exact) mass is 273 g/mol. The summed E-state index contributed by atoms with van der Waals surface area (Å²) in [4.78, 5) is 16.0. The van der Waals surface area contributed by atoms with E-state index < -0.39 is 11.5 Å². The minimum atomic E-state index is -1.06. The lowest BCUT2D eigenvalue weighted by Gasteiger charge is -2.29. The molecule has 0 radical (unpaired) electrons. The second kappa shape index (κ2) is 5.49. The molecular formula is C15H19N3O2. The molecule has 1 aromatic heterocycles. The lowest BCUT2D eigenvalue weighted by atomic mass is 9.92. The van der Waals surface area contributed by atoms with Gasteiger partial charge in [-0.25, -0.2) is 9.78 Å². The van der Waals surface area contributed by atoms with Crippen LogP contribution in [0.1, 0.15) is 49.9 Å². The first-order valence-corrected chi connectivity index (χ1v) is 7.00. The van der Waals surface area contributed by atoms with Crippen molar-refractivity contribution in [2.45, 2.75) is 51.5 Å². The van der Waals surface area contributed by atoms with E-state index in [1.54, 1.807) is 0 Å². The van der Waals surface area contributed by atoms with E-state index in [9.17, 15) is 15.2 Å². The molecule has 20 heavy (non-hydrogen) atoms. The number of aliphatic carboxylic acids is 1. The van der Waals surface area contributed by atoms with Gasteiger partial charge in [-0.2, -0.15) is 5.26 Å². The van der Waals surface area contributed by atoms with Crippen LogP contribution in [0.25, 0.3) is 0 Å². The maximum Gasteiger partial charge on any atom is 0.329 e. The molecule has 5 heteroatoms. The van der Waals surface area contributed by atoms with Gasteiger partial charge in [0, 0.05) is 5.69 Å². The van der Waals surface area contributed by atoms with Crippen molar-refractivity contribution < 1.29 is 9.90 Å². The molecule has 2 rings (SSSR count). The Morgan fingerprint density at radius 1 is 1.50 bits per heavy atom. The van der Waals surface area contributed by atoms with E-state index >= 15 is 0 Å². The zero-order chi connectivity index (χ0) is 14.8. The Kier molecular flexibility index (Phi) is 3.93. The number of nitriles is 1. The molecule has 1 aromatic rings. The van der Waals surface area contributed by atoms with Gasteiger partial charge in [0.2, 0.25) is 0 Å². The lowest BCUT2D eigenvalue weighted by molar-refractivity contribution is -0.142. The third-order valence-corrected chi connectivity index (χ3v) is 4.15. The van der Waals surface area contributed by atoms with Crippen LogP contribution in [0.3, 0.4) is 0 Å². The molecule has 0 aromatic carbocycles. The summed E-state index contributed by atoms with van der Waals surface area (Å²) < 4.78 is 0. The molecule has 106 valence electrons. The highest BCUT2D eigenvalue weighted by Gasteiger charge is 2.36. The van der Waals surface area contributed by atoms with E-state index in [1.165, 1.54) is 0 Å². The van der Waals surface area contributed by atoms with E-state index in [0.29, 0.717) is 24.2 Å². The Hall–Kier alpha value is -2.09. The van der Waals surface area contributed by atoms with E-state index in [2.05, 4.69) is 16.4 Å². The highest BCUT2D eigenvalue weighted by atomic mass is 16.4. The molecule has 0 aliphatic heterocycles. The molecule has 0 atom stereocenters. The number of nitrogens with zero attached hydrogens (tertiary/aromatic N) is 2. The van der Waals surface area contributed by atoms with Crippen molar-refractivity contribution >= 4 is 11.8 Å². The topological polar surface area (TPSA) is 86.0 Å².